The Hall–Kier alpha value is -0.770. The van der Waals surface area contributed by atoms with Gasteiger partial charge >= 0.3 is 0 Å². The molecule has 1 aliphatic rings. The maximum atomic E-state index is 12.0. The average Bonchev–Trinajstić information content (AvgIpc) is 2.41. The van der Waals surface area contributed by atoms with Gasteiger partial charge in [-0.05, 0) is 20.3 Å². The summed E-state index contributed by atoms with van der Waals surface area (Å²) in [6.07, 6.45) is 0.801. The van der Waals surface area contributed by atoms with Crippen LogP contribution in [-0.2, 0) is 9.59 Å². The third-order valence-electron chi connectivity index (χ3n) is 2.46. The van der Waals surface area contributed by atoms with Gasteiger partial charge in [0.2, 0.25) is 11.8 Å². The van der Waals surface area contributed by atoms with Crippen LogP contribution >= 0.6 is 11.6 Å². The van der Waals surface area contributed by atoms with Crippen LogP contribution in [-0.4, -0.2) is 42.2 Å². The van der Waals surface area contributed by atoms with E-state index in [0.29, 0.717) is 13.1 Å². The van der Waals surface area contributed by atoms with Crippen molar-refractivity contribution in [3.8, 4) is 0 Å². The van der Waals surface area contributed by atoms with Crippen molar-refractivity contribution in [1.82, 2.24) is 10.2 Å². The number of nitrogens with one attached hydrogen (secondary N) is 1. The van der Waals surface area contributed by atoms with Crippen molar-refractivity contribution < 1.29 is 9.59 Å². The van der Waals surface area contributed by atoms with E-state index in [4.69, 9.17) is 11.6 Å². The first-order valence-corrected chi connectivity index (χ1v) is 5.63. The highest BCUT2D eigenvalue weighted by Crippen LogP contribution is 2.21. The Labute approximate surface area is 95.0 Å². The van der Waals surface area contributed by atoms with Crippen molar-refractivity contribution in [3.63, 3.8) is 0 Å². The number of carbonyl (C=O) groups is 2. The zero-order valence-electron chi connectivity index (χ0n) is 9.18. The summed E-state index contributed by atoms with van der Waals surface area (Å²) in [5.74, 6) is 0.130. The second kappa shape index (κ2) is 4.84. The maximum absolute atomic E-state index is 12.0. The van der Waals surface area contributed by atoms with Crippen molar-refractivity contribution in [2.45, 2.75) is 20.3 Å². The van der Waals surface area contributed by atoms with Gasteiger partial charge in [-0.2, -0.15) is 0 Å². The molecule has 2 amide bonds. The lowest BCUT2D eigenvalue weighted by Gasteiger charge is -2.28. The van der Waals surface area contributed by atoms with Crippen LogP contribution in [0.1, 0.15) is 20.3 Å². The monoisotopic (exact) mass is 232 g/mol. The van der Waals surface area contributed by atoms with Crippen molar-refractivity contribution >= 4 is 23.4 Å². The SMILES string of the molecule is CC(C)(CCl)C(=O)N1CCCNC(=O)C1. The second-order valence-corrected chi connectivity index (χ2v) is 4.71. The van der Waals surface area contributed by atoms with Gasteiger partial charge in [-0.25, -0.2) is 0 Å². The highest BCUT2D eigenvalue weighted by Gasteiger charge is 2.32. The van der Waals surface area contributed by atoms with Gasteiger partial charge in [0.25, 0.3) is 0 Å². The molecule has 1 aliphatic heterocycles. The number of hydrogen-bond acceptors (Lipinski definition) is 2. The normalized spacial score (nSPS) is 18.3. The molecule has 15 heavy (non-hydrogen) atoms. The molecule has 1 fully saturated rings. The Morgan fingerprint density at radius 2 is 2.27 bits per heavy atom. The van der Waals surface area contributed by atoms with Gasteiger partial charge < -0.3 is 10.2 Å². The Bertz CT molecular complexity index is 266. The molecule has 0 unspecified atom stereocenters. The first-order chi connectivity index (χ1) is 6.97. The maximum Gasteiger partial charge on any atom is 0.239 e. The lowest BCUT2D eigenvalue weighted by Crippen LogP contribution is -2.44. The van der Waals surface area contributed by atoms with E-state index in [1.165, 1.54) is 0 Å². The van der Waals surface area contributed by atoms with Crippen LogP contribution in [0.5, 0.6) is 0 Å². The topological polar surface area (TPSA) is 49.4 Å². The van der Waals surface area contributed by atoms with Crippen LogP contribution in [0.4, 0.5) is 0 Å². The molecule has 1 N–H and O–H groups in total. The summed E-state index contributed by atoms with van der Waals surface area (Å²) in [7, 11) is 0. The van der Waals surface area contributed by atoms with Crippen molar-refractivity contribution in [1.29, 1.82) is 0 Å². The summed E-state index contributed by atoms with van der Waals surface area (Å²) in [5.41, 5.74) is -0.591. The Morgan fingerprint density at radius 1 is 1.60 bits per heavy atom. The first-order valence-electron chi connectivity index (χ1n) is 5.09. The summed E-state index contributed by atoms with van der Waals surface area (Å²) in [4.78, 5) is 24.9. The molecule has 0 aromatic rings. The number of amides is 2. The molecule has 0 atom stereocenters. The van der Waals surface area contributed by atoms with E-state index in [2.05, 4.69) is 5.32 Å². The van der Waals surface area contributed by atoms with Crippen LogP contribution in [0.3, 0.4) is 0 Å². The molecule has 1 saturated heterocycles. The summed E-state index contributed by atoms with van der Waals surface area (Å²) < 4.78 is 0. The molecule has 0 saturated carbocycles. The number of nitrogens with zero attached hydrogens (tertiary/aromatic N) is 1. The predicted octanol–water partition coefficient (Wildman–Crippen LogP) is 0.600. The van der Waals surface area contributed by atoms with Crippen molar-refractivity contribution in [3.05, 3.63) is 0 Å². The minimum Gasteiger partial charge on any atom is -0.354 e. The number of halogens is 1. The van der Waals surface area contributed by atoms with Crippen LogP contribution in [0, 0.1) is 5.41 Å². The van der Waals surface area contributed by atoms with Crippen LogP contribution in [0.25, 0.3) is 0 Å². The van der Waals surface area contributed by atoms with E-state index >= 15 is 0 Å². The van der Waals surface area contributed by atoms with E-state index in [0.717, 1.165) is 6.42 Å². The van der Waals surface area contributed by atoms with Crippen LogP contribution in [0.15, 0.2) is 0 Å². The minimum absolute atomic E-state index is 0.0467. The molecule has 0 aliphatic carbocycles. The van der Waals surface area contributed by atoms with Gasteiger partial charge in [-0.3, -0.25) is 9.59 Å². The second-order valence-electron chi connectivity index (χ2n) is 4.45. The van der Waals surface area contributed by atoms with Gasteiger partial charge in [0, 0.05) is 19.0 Å². The van der Waals surface area contributed by atoms with Crippen LogP contribution in [0.2, 0.25) is 0 Å². The Balaban J connectivity index is 2.69. The molecule has 0 radical (unpaired) electrons. The standard InChI is InChI=1S/C10H17ClN2O2/c1-10(2,7-11)9(15)13-5-3-4-12-8(14)6-13/h3-7H2,1-2H3,(H,12,14). The van der Waals surface area contributed by atoms with E-state index in [1.54, 1.807) is 18.7 Å². The van der Waals surface area contributed by atoms with E-state index in [-0.39, 0.29) is 24.2 Å². The third-order valence-corrected chi connectivity index (χ3v) is 3.13. The molecular weight excluding hydrogens is 216 g/mol. The van der Waals surface area contributed by atoms with Gasteiger partial charge in [0.1, 0.15) is 0 Å². The summed E-state index contributed by atoms with van der Waals surface area (Å²) >= 11 is 5.74. The number of alkyl halides is 1. The zero-order valence-corrected chi connectivity index (χ0v) is 9.93. The molecule has 0 aromatic carbocycles. The molecule has 5 heteroatoms. The highest BCUT2D eigenvalue weighted by molar-refractivity contribution is 6.19. The van der Waals surface area contributed by atoms with Gasteiger partial charge in [-0.1, -0.05) is 0 Å². The summed E-state index contributed by atoms with van der Waals surface area (Å²) in [6, 6.07) is 0. The Morgan fingerprint density at radius 3 is 2.87 bits per heavy atom. The molecule has 1 rings (SSSR count). The van der Waals surface area contributed by atoms with Gasteiger partial charge in [-0.15, -0.1) is 11.6 Å². The van der Waals surface area contributed by atoms with Gasteiger partial charge in [0.15, 0.2) is 0 Å². The molecule has 4 nitrogen and oxygen atoms in total. The lowest BCUT2D eigenvalue weighted by molar-refractivity contribution is -0.141. The predicted molar refractivity (Wildman–Crippen MR) is 58.7 cm³/mol. The average molecular weight is 233 g/mol. The molecule has 86 valence electrons. The number of carbonyl (C=O) groups excluding carboxylic acids is 2. The molecule has 1 heterocycles. The molecular formula is C10H17ClN2O2. The Kier molecular flexibility index (Phi) is 3.97. The fraction of sp³-hybridized carbons (Fsp3) is 0.800. The van der Waals surface area contributed by atoms with E-state index < -0.39 is 5.41 Å². The van der Waals surface area contributed by atoms with Crippen molar-refractivity contribution in [2.24, 2.45) is 5.41 Å². The third kappa shape index (κ3) is 3.09. The van der Waals surface area contributed by atoms with E-state index in [9.17, 15) is 9.59 Å². The number of rotatable bonds is 2. The fourth-order valence-electron chi connectivity index (χ4n) is 1.46. The summed E-state index contributed by atoms with van der Waals surface area (Å²) in [5, 5.41) is 2.73. The smallest absolute Gasteiger partial charge is 0.239 e. The fourth-order valence-corrected chi connectivity index (χ4v) is 1.58. The number of hydrogen-bond donors (Lipinski definition) is 1. The molecule has 0 aromatic heterocycles. The summed E-state index contributed by atoms with van der Waals surface area (Å²) in [6.45, 7) is 5.01. The first kappa shape index (κ1) is 12.3. The highest BCUT2D eigenvalue weighted by atomic mass is 35.5. The largest absolute Gasteiger partial charge is 0.354 e. The quantitative estimate of drug-likeness (QED) is 0.709. The lowest BCUT2D eigenvalue weighted by atomic mass is 9.94. The van der Waals surface area contributed by atoms with E-state index in [1.807, 2.05) is 0 Å². The molecule has 0 bridgehead atoms. The zero-order chi connectivity index (χ0) is 11.5. The van der Waals surface area contributed by atoms with Crippen LogP contribution < -0.4 is 5.32 Å². The van der Waals surface area contributed by atoms with Crippen molar-refractivity contribution in [2.75, 3.05) is 25.5 Å². The molecule has 0 spiro atoms. The minimum atomic E-state index is -0.591. The van der Waals surface area contributed by atoms with Gasteiger partial charge in [0.05, 0.1) is 12.0 Å².